The number of hydrogen-bond donors (Lipinski definition) is 1. The van der Waals surface area contributed by atoms with E-state index in [1.807, 2.05) is 32.0 Å². The van der Waals surface area contributed by atoms with E-state index in [9.17, 15) is 14.4 Å². The zero-order valence-electron chi connectivity index (χ0n) is 24.5. The van der Waals surface area contributed by atoms with Crippen molar-refractivity contribution in [3.8, 4) is 11.1 Å². The number of carbonyl (C=O) groups is 3. The molecule has 11 heteroatoms. The first-order valence-electron chi connectivity index (χ1n) is 14.6. The lowest BCUT2D eigenvalue weighted by Crippen LogP contribution is -2.47. The quantitative estimate of drug-likeness (QED) is 0.213. The molecule has 3 aliphatic rings. The van der Waals surface area contributed by atoms with Gasteiger partial charge in [-0.3, -0.25) is 19.1 Å². The van der Waals surface area contributed by atoms with Gasteiger partial charge in [0, 0.05) is 36.3 Å². The number of nitrogens with one attached hydrogen (secondary N) is 1. The summed E-state index contributed by atoms with van der Waals surface area (Å²) < 4.78 is 2.31. The Bertz CT molecular complexity index is 1830. The number of pyridine rings is 1. The van der Waals surface area contributed by atoms with Crippen LogP contribution in [0.15, 0.2) is 41.3 Å². The van der Waals surface area contributed by atoms with E-state index in [0.717, 1.165) is 52.4 Å². The van der Waals surface area contributed by atoms with E-state index in [0.29, 0.717) is 34.3 Å². The van der Waals surface area contributed by atoms with Crippen LogP contribution < -0.4 is 5.32 Å². The summed E-state index contributed by atoms with van der Waals surface area (Å²) in [5.41, 5.74) is 4.76. The minimum absolute atomic E-state index is 0.00235. The van der Waals surface area contributed by atoms with E-state index < -0.39 is 6.04 Å². The average Bonchev–Trinajstić information content (AvgIpc) is 3.87. The molecule has 2 amide bonds. The standard InChI is InChI=1S/C32H32BrN7O3/c1-16-5-8-26(33)36-30(16)37-31(43)24-11-32(4)12-25(32)40(24)27(42)15-39-29-22(19-6-7-19)9-20(21-13-34-18(3)35-14-21)10-23(29)28(38-39)17(2)41/h5,8-10,13-14,19,24-25H,6-7,11-12,15H2,1-4H3,(H,36,37,43)/t24-,25-,32+/m0/s1. The summed E-state index contributed by atoms with van der Waals surface area (Å²) >= 11 is 3.37. The maximum Gasteiger partial charge on any atom is 0.248 e. The number of fused-ring (bicyclic) bond motifs is 2. The van der Waals surface area contributed by atoms with Gasteiger partial charge in [-0.15, -0.1) is 0 Å². The Morgan fingerprint density at radius 3 is 2.51 bits per heavy atom. The molecule has 4 heterocycles. The number of halogens is 1. The fraction of sp³-hybridized carbons (Fsp3) is 0.406. The van der Waals surface area contributed by atoms with Crippen LogP contribution in [0.5, 0.6) is 0 Å². The predicted octanol–water partition coefficient (Wildman–Crippen LogP) is 5.37. The first-order chi connectivity index (χ1) is 20.5. The van der Waals surface area contributed by atoms with Gasteiger partial charge in [0.2, 0.25) is 11.8 Å². The third-order valence-corrected chi connectivity index (χ3v) is 9.60. The summed E-state index contributed by atoms with van der Waals surface area (Å²) in [6.07, 6.45) is 7.11. The number of aromatic nitrogens is 5. The predicted molar refractivity (Wildman–Crippen MR) is 165 cm³/mol. The van der Waals surface area contributed by atoms with Crippen molar-refractivity contribution in [2.24, 2.45) is 5.41 Å². The molecule has 2 saturated carbocycles. The maximum atomic E-state index is 14.1. The number of benzene rings is 1. The van der Waals surface area contributed by atoms with Gasteiger partial charge in [0.25, 0.3) is 0 Å². The Balaban J connectivity index is 1.24. The first kappa shape index (κ1) is 27.8. The third kappa shape index (κ3) is 4.93. The van der Waals surface area contributed by atoms with E-state index in [4.69, 9.17) is 5.10 Å². The molecular formula is C32H32BrN7O3. The van der Waals surface area contributed by atoms with Gasteiger partial charge in [0.05, 0.1) is 5.52 Å². The van der Waals surface area contributed by atoms with Crippen molar-refractivity contribution in [1.29, 1.82) is 0 Å². The molecule has 0 unspecified atom stereocenters. The molecule has 2 aliphatic carbocycles. The summed E-state index contributed by atoms with van der Waals surface area (Å²) in [5.74, 6) is 0.908. The van der Waals surface area contributed by atoms with Gasteiger partial charge < -0.3 is 10.2 Å². The number of hydrogen-bond acceptors (Lipinski definition) is 7. The SMILES string of the molecule is CC(=O)c1nn(CC(=O)N2[C@H]3C[C@@]3(C)C[C@H]2C(=O)Nc2nc(Br)ccc2C)c2c(C3CC3)cc(-c3cnc(C)nc3)cc12. The monoisotopic (exact) mass is 641 g/mol. The molecule has 4 aromatic rings. The lowest BCUT2D eigenvalue weighted by atomic mass is 9.98. The van der Waals surface area contributed by atoms with Crippen molar-refractivity contribution >= 4 is 50.2 Å². The molecule has 0 spiro atoms. The number of Topliss-reactive ketones (excluding diaryl/α,β-unsaturated/α-hetero) is 1. The van der Waals surface area contributed by atoms with Gasteiger partial charge in [-0.1, -0.05) is 13.0 Å². The summed E-state index contributed by atoms with van der Waals surface area (Å²) in [7, 11) is 0. The molecular weight excluding hydrogens is 610 g/mol. The normalized spacial score (nSPS) is 22.5. The van der Waals surface area contributed by atoms with E-state index in [1.54, 1.807) is 22.0 Å². The Morgan fingerprint density at radius 1 is 1.07 bits per heavy atom. The van der Waals surface area contributed by atoms with Crippen LogP contribution in [0.25, 0.3) is 22.0 Å². The van der Waals surface area contributed by atoms with E-state index in [-0.39, 0.29) is 35.6 Å². The first-order valence-corrected chi connectivity index (χ1v) is 15.4. The molecule has 1 N–H and O–H groups in total. The summed E-state index contributed by atoms with van der Waals surface area (Å²) in [6, 6.07) is 7.17. The fourth-order valence-corrected chi connectivity index (χ4v) is 6.85. The van der Waals surface area contributed by atoms with E-state index in [2.05, 4.69) is 49.2 Å². The average molecular weight is 643 g/mol. The number of piperidine rings is 1. The van der Waals surface area contributed by atoms with Crippen LogP contribution in [0.1, 0.15) is 72.9 Å². The minimum atomic E-state index is -0.610. The number of nitrogens with zero attached hydrogens (tertiary/aromatic N) is 6. The molecule has 3 fully saturated rings. The second-order valence-electron chi connectivity index (χ2n) is 12.5. The van der Waals surface area contributed by atoms with Crippen molar-refractivity contribution < 1.29 is 14.4 Å². The second-order valence-corrected chi connectivity index (χ2v) is 13.3. The van der Waals surface area contributed by atoms with Crippen LogP contribution in [0.3, 0.4) is 0 Å². The molecule has 10 nitrogen and oxygen atoms in total. The van der Waals surface area contributed by atoms with Crippen molar-refractivity contribution in [1.82, 2.24) is 29.6 Å². The van der Waals surface area contributed by atoms with Crippen molar-refractivity contribution in [3.05, 3.63) is 63.9 Å². The number of ketones is 1. The zero-order valence-corrected chi connectivity index (χ0v) is 26.1. The highest BCUT2D eigenvalue weighted by molar-refractivity contribution is 9.10. The highest BCUT2D eigenvalue weighted by Crippen LogP contribution is 2.59. The number of aryl methyl sites for hydroxylation is 2. The molecule has 3 atom stereocenters. The van der Waals surface area contributed by atoms with Crippen molar-refractivity contribution in [3.63, 3.8) is 0 Å². The van der Waals surface area contributed by atoms with Gasteiger partial charge >= 0.3 is 0 Å². The lowest BCUT2D eigenvalue weighted by Gasteiger charge is -2.27. The molecule has 1 saturated heterocycles. The summed E-state index contributed by atoms with van der Waals surface area (Å²) in [4.78, 5) is 55.3. The lowest BCUT2D eigenvalue weighted by molar-refractivity contribution is -0.138. The van der Waals surface area contributed by atoms with Gasteiger partial charge in [-0.25, -0.2) is 15.0 Å². The van der Waals surface area contributed by atoms with Crippen LogP contribution >= 0.6 is 15.9 Å². The maximum absolute atomic E-state index is 14.1. The fourth-order valence-electron chi connectivity index (χ4n) is 6.54. The molecule has 1 aliphatic heterocycles. The molecule has 7 rings (SSSR count). The Labute approximate surface area is 257 Å². The van der Waals surface area contributed by atoms with Crippen LogP contribution in [-0.4, -0.2) is 59.3 Å². The van der Waals surface area contributed by atoms with E-state index >= 15 is 0 Å². The molecule has 1 aromatic carbocycles. The minimum Gasteiger partial charge on any atom is -0.325 e. The van der Waals surface area contributed by atoms with E-state index in [1.165, 1.54) is 6.92 Å². The van der Waals surface area contributed by atoms with Crippen molar-refractivity contribution in [2.75, 3.05) is 5.32 Å². The molecule has 0 bridgehead atoms. The summed E-state index contributed by atoms with van der Waals surface area (Å²) in [6.45, 7) is 7.30. The van der Waals surface area contributed by atoms with Crippen molar-refractivity contribution in [2.45, 2.75) is 77.9 Å². The Kier molecular flexibility index (Phi) is 6.50. The smallest absolute Gasteiger partial charge is 0.248 e. The van der Waals surface area contributed by atoms with Crippen LogP contribution in [0.4, 0.5) is 5.82 Å². The highest BCUT2D eigenvalue weighted by Gasteiger charge is 2.64. The van der Waals surface area contributed by atoms with Gasteiger partial charge in [0.15, 0.2) is 5.78 Å². The Hall–Kier alpha value is -3.99. The molecule has 0 radical (unpaired) electrons. The third-order valence-electron chi connectivity index (χ3n) is 9.15. The summed E-state index contributed by atoms with van der Waals surface area (Å²) in [5, 5.41) is 8.39. The van der Waals surface area contributed by atoms with Crippen LogP contribution in [0.2, 0.25) is 0 Å². The number of likely N-dealkylation sites (tertiary alicyclic amines) is 1. The van der Waals surface area contributed by atoms with Crippen LogP contribution in [-0.2, 0) is 16.1 Å². The Morgan fingerprint density at radius 2 is 1.81 bits per heavy atom. The molecule has 43 heavy (non-hydrogen) atoms. The number of rotatable bonds is 7. The topological polar surface area (TPSA) is 123 Å². The van der Waals surface area contributed by atoms with Gasteiger partial charge in [-0.05, 0) is 102 Å². The number of carbonyl (C=O) groups excluding carboxylic acids is 3. The van der Waals surface area contributed by atoms with Gasteiger partial charge in [-0.2, -0.15) is 5.10 Å². The number of amides is 2. The number of anilines is 1. The highest BCUT2D eigenvalue weighted by atomic mass is 79.9. The van der Waals surface area contributed by atoms with Crippen LogP contribution in [0, 0.1) is 19.3 Å². The molecule has 3 aromatic heterocycles. The largest absolute Gasteiger partial charge is 0.325 e. The van der Waals surface area contributed by atoms with Gasteiger partial charge in [0.1, 0.15) is 34.5 Å². The zero-order chi connectivity index (χ0) is 30.2. The second kappa shape index (κ2) is 10.0. The molecule has 220 valence electrons.